The van der Waals surface area contributed by atoms with E-state index in [4.69, 9.17) is 6.11 Å². The first-order chi connectivity index (χ1) is 18.3. The lowest BCUT2D eigenvalue weighted by molar-refractivity contribution is -0.0541. The molecule has 5 rings (SSSR count). The summed E-state index contributed by atoms with van der Waals surface area (Å²) in [6, 6.07) is 2.71. The molecule has 1 atom stereocenters. The number of hydrogen-bond acceptors (Lipinski definition) is 8. The van der Waals surface area contributed by atoms with Crippen LogP contribution in [-0.2, 0) is 16.6 Å². The predicted octanol–water partition coefficient (Wildman–Crippen LogP) is 2.63. The summed E-state index contributed by atoms with van der Waals surface area (Å²) in [7, 11) is -2.63. The van der Waals surface area contributed by atoms with Crippen LogP contribution in [0.4, 0.5) is 27.9 Å². The summed E-state index contributed by atoms with van der Waals surface area (Å²) in [6.07, 6.45) is -2.88. The Labute approximate surface area is 213 Å². The number of ether oxygens (including phenoxy) is 1. The highest BCUT2D eigenvalue weighted by molar-refractivity contribution is 7.88. The zero-order valence-electron chi connectivity index (χ0n) is 20.9. The Balaban J connectivity index is 1.56. The topological polar surface area (TPSA) is 120 Å². The number of rotatable bonds is 7. The molecule has 0 spiro atoms. The molecule has 1 aliphatic heterocycles. The number of piperidine rings is 1. The fourth-order valence-electron chi connectivity index (χ4n) is 4.33. The van der Waals surface area contributed by atoms with Crippen molar-refractivity contribution in [1.29, 1.82) is 0 Å². The minimum Gasteiger partial charge on any atom is -0.479 e. The Morgan fingerprint density at radius 1 is 1.34 bits per heavy atom. The standard InChI is InChI=1S/C21H21F5N8O3S/c1-37-19-18-17(11-3-4-13-14(7-11)33(31-29-13)9-16(23)24)12(22)8-34(18)30-20(28-19)27-15-5-6-32(38(2,35)36)10-21(15,25)26/h3-4,7-8,15-16H,5-6,9-10H2,1-2H3,(H,27,30)/t15-/m1/s1/i8D. The van der Waals surface area contributed by atoms with Gasteiger partial charge in [0, 0.05) is 6.54 Å². The maximum absolute atomic E-state index is 15.4. The lowest BCUT2D eigenvalue weighted by atomic mass is 10.0. The van der Waals surface area contributed by atoms with Crippen molar-refractivity contribution in [2.45, 2.75) is 31.4 Å². The van der Waals surface area contributed by atoms with Crippen LogP contribution in [0.1, 0.15) is 7.79 Å². The van der Waals surface area contributed by atoms with Crippen molar-refractivity contribution < 1.29 is 36.5 Å². The highest BCUT2D eigenvalue weighted by Crippen LogP contribution is 2.36. The number of anilines is 1. The Bertz CT molecular complexity index is 1680. The third kappa shape index (κ3) is 4.70. The normalized spacial score (nSPS) is 18.8. The molecule has 0 amide bonds. The van der Waals surface area contributed by atoms with Crippen LogP contribution in [0.25, 0.3) is 27.7 Å². The van der Waals surface area contributed by atoms with Crippen LogP contribution < -0.4 is 10.1 Å². The molecule has 204 valence electrons. The largest absolute Gasteiger partial charge is 0.479 e. The average Bonchev–Trinajstić information content (AvgIpc) is 3.36. The minimum absolute atomic E-state index is 0.101. The van der Waals surface area contributed by atoms with Gasteiger partial charge in [-0.25, -0.2) is 39.6 Å². The van der Waals surface area contributed by atoms with E-state index in [1.807, 2.05) is 0 Å². The van der Waals surface area contributed by atoms with Crippen LogP contribution in [0.2, 0.25) is 0 Å². The molecular formula is C21H21F5N8O3S. The van der Waals surface area contributed by atoms with Gasteiger partial charge >= 0.3 is 0 Å². The van der Waals surface area contributed by atoms with Gasteiger partial charge in [-0.2, -0.15) is 9.29 Å². The third-order valence-electron chi connectivity index (χ3n) is 6.12. The fourth-order valence-corrected chi connectivity index (χ4v) is 5.18. The molecule has 0 aliphatic carbocycles. The van der Waals surface area contributed by atoms with E-state index in [1.54, 1.807) is 0 Å². The molecule has 17 heteroatoms. The van der Waals surface area contributed by atoms with Gasteiger partial charge in [0.1, 0.15) is 17.6 Å². The number of nitrogens with zero attached hydrogens (tertiary/aromatic N) is 7. The first-order valence-corrected chi connectivity index (χ1v) is 13.0. The highest BCUT2D eigenvalue weighted by Gasteiger charge is 2.47. The van der Waals surface area contributed by atoms with E-state index in [9.17, 15) is 26.0 Å². The second kappa shape index (κ2) is 9.30. The summed E-state index contributed by atoms with van der Waals surface area (Å²) >= 11 is 0. The molecule has 0 saturated carbocycles. The summed E-state index contributed by atoms with van der Waals surface area (Å²) in [5, 5.41) is 14.0. The number of nitrogens with one attached hydrogen (secondary N) is 1. The van der Waals surface area contributed by atoms with Gasteiger partial charge in [0.25, 0.3) is 12.3 Å². The zero-order chi connectivity index (χ0) is 28.3. The molecule has 1 fully saturated rings. The molecule has 0 bridgehead atoms. The third-order valence-corrected chi connectivity index (χ3v) is 7.37. The van der Waals surface area contributed by atoms with E-state index in [0.717, 1.165) is 15.5 Å². The van der Waals surface area contributed by atoms with Gasteiger partial charge in [-0.05, 0) is 24.1 Å². The van der Waals surface area contributed by atoms with E-state index < -0.39 is 59.4 Å². The molecule has 3 aromatic heterocycles. The van der Waals surface area contributed by atoms with Crippen LogP contribution in [0.5, 0.6) is 5.88 Å². The average molecular weight is 562 g/mol. The number of alkyl halides is 4. The first-order valence-electron chi connectivity index (χ1n) is 11.6. The molecule has 4 heterocycles. The van der Waals surface area contributed by atoms with Crippen LogP contribution in [0.3, 0.4) is 0 Å². The van der Waals surface area contributed by atoms with E-state index >= 15 is 4.39 Å². The zero-order valence-corrected chi connectivity index (χ0v) is 20.7. The molecule has 0 radical (unpaired) electrons. The fraction of sp³-hybridized carbons (Fsp3) is 0.429. The van der Waals surface area contributed by atoms with Crippen molar-refractivity contribution in [2.75, 3.05) is 31.8 Å². The molecule has 1 N–H and O–H groups in total. The number of fused-ring (bicyclic) bond motifs is 2. The van der Waals surface area contributed by atoms with E-state index in [0.29, 0.717) is 4.31 Å². The molecule has 1 aliphatic rings. The second-order valence-electron chi connectivity index (χ2n) is 8.72. The van der Waals surface area contributed by atoms with Crippen molar-refractivity contribution in [3.05, 3.63) is 30.2 Å². The smallest absolute Gasteiger partial charge is 0.281 e. The van der Waals surface area contributed by atoms with Gasteiger partial charge in [0.2, 0.25) is 21.9 Å². The Morgan fingerprint density at radius 2 is 2.11 bits per heavy atom. The molecule has 4 aromatic rings. The minimum atomic E-state index is -3.83. The SMILES string of the molecule is [2H]c1c(F)c(-c2ccc3nnn(CC(F)F)c3c2)c2c(OC)nc(N[C@@H]3CCN(S(C)(=O)=O)CC3(F)F)nn12. The quantitative estimate of drug-likeness (QED) is 0.342. The summed E-state index contributed by atoms with van der Waals surface area (Å²) in [5.41, 5.74) is 0.361. The Morgan fingerprint density at radius 3 is 2.76 bits per heavy atom. The van der Waals surface area contributed by atoms with Crippen LogP contribution in [0, 0.1) is 5.82 Å². The molecule has 0 unspecified atom stereocenters. The number of benzene rings is 1. The van der Waals surface area contributed by atoms with Crippen molar-refractivity contribution in [3.8, 4) is 17.0 Å². The summed E-state index contributed by atoms with van der Waals surface area (Å²) in [5.74, 6) is -5.19. The van der Waals surface area contributed by atoms with Crippen LogP contribution >= 0.6 is 0 Å². The second-order valence-corrected chi connectivity index (χ2v) is 10.7. The monoisotopic (exact) mass is 561 g/mol. The number of hydrogen-bond donors (Lipinski definition) is 1. The Kier molecular flexibility index (Phi) is 6.05. The van der Waals surface area contributed by atoms with Gasteiger partial charge in [0.05, 0.1) is 44.6 Å². The van der Waals surface area contributed by atoms with Crippen molar-refractivity contribution in [2.24, 2.45) is 0 Å². The number of aromatic nitrogens is 6. The van der Waals surface area contributed by atoms with Gasteiger partial charge in [-0.3, -0.25) is 0 Å². The maximum Gasteiger partial charge on any atom is 0.281 e. The molecular weight excluding hydrogens is 539 g/mol. The lowest BCUT2D eigenvalue weighted by Crippen LogP contribution is -2.55. The number of methoxy groups -OCH3 is 1. The molecule has 1 aromatic carbocycles. The van der Waals surface area contributed by atoms with Gasteiger partial charge in [-0.15, -0.1) is 10.2 Å². The molecule has 38 heavy (non-hydrogen) atoms. The van der Waals surface area contributed by atoms with Crippen LogP contribution in [0.15, 0.2) is 24.4 Å². The van der Waals surface area contributed by atoms with E-state index in [-0.39, 0.29) is 46.5 Å². The summed E-state index contributed by atoms with van der Waals surface area (Å²) in [6.45, 7) is -1.96. The first kappa shape index (κ1) is 24.7. The summed E-state index contributed by atoms with van der Waals surface area (Å²) in [4.78, 5) is 4.09. The molecule has 11 nitrogen and oxygen atoms in total. The van der Waals surface area contributed by atoms with Gasteiger partial charge in [0.15, 0.2) is 5.82 Å². The summed E-state index contributed by atoms with van der Waals surface area (Å²) < 4.78 is 110. The van der Waals surface area contributed by atoms with Gasteiger partial charge in [-0.1, -0.05) is 11.3 Å². The van der Waals surface area contributed by atoms with Crippen molar-refractivity contribution in [1.82, 2.24) is 33.9 Å². The Hall–Kier alpha value is -3.60. The highest BCUT2D eigenvalue weighted by atomic mass is 32.2. The maximum atomic E-state index is 15.4. The van der Waals surface area contributed by atoms with Crippen molar-refractivity contribution in [3.63, 3.8) is 0 Å². The molecule has 1 saturated heterocycles. The number of halogens is 5. The number of sulfonamides is 1. The van der Waals surface area contributed by atoms with E-state index in [1.165, 1.54) is 25.3 Å². The lowest BCUT2D eigenvalue weighted by Gasteiger charge is -2.37. The van der Waals surface area contributed by atoms with E-state index in [2.05, 4.69) is 25.7 Å². The van der Waals surface area contributed by atoms with Crippen molar-refractivity contribution >= 4 is 32.5 Å². The van der Waals surface area contributed by atoms with Gasteiger partial charge < -0.3 is 10.1 Å². The predicted molar refractivity (Wildman–Crippen MR) is 125 cm³/mol. The van der Waals surface area contributed by atoms with Crippen LogP contribution in [-0.4, -0.2) is 87.2 Å².